The van der Waals surface area contributed by atoms with Crippen molar-refractivity contribution in [2.45, 2.75) is 44.6 Å². The van der Waals surface area contributed by atoms with Crippen LogP contribution in [0.2, 0.25) is 0 Å². The summed E-state index contributed by atoms with van der Waals surface area (Å²) in [6.45, 7) is 4.24. The molecule has 1 aromatic carbocycles. The van der Waals surface area contributed by atoms with Crippen molar-refractivity contribution in [2.24, 2.45) is 5.92 Å². The Hall–Kier alpha value is -3.67. The molecule has 2 aromatic heterocycles. The van der Waals surface area contributed by atoms with Gasteiger partial charge >= 0.3 is 11.9 Å². The molecule has 1 saturated heterocycles. The van der Waals surface area contributed by atoms with E-state index in [2.05, 4.69) is 27.1 Å². The van der Waals surface area contributed by atoms with Crippen LogP contribution in [-0.2, 0) is 19.3 Å². The van der Waals surface area contributed by atoms with Crippen molar-refractivity contribution in [3.05, 3.63) is 70.2 Å². The third kappa shape index (κ3) is 4.92. The first-order valence-corrected chi connectivity index (χ1v) is 12.3. The van der Waals surface area contributed by atoms with Crippen LogP contribution in [-0.4, -0.2) is 40.2 Å². The number of aromatic nitrogens is 3. The molecule has 202 valence electrons. The van der Waals surface area contributed by atoms with Gasteiger partial charge in [-0.2, -0.15) is 18.2 Å². The summed E-state index contributed by atoms with van der Waals surface area (Å²) >= 11 is 0. The molecule has 2 atom stereocenters. The number of nitrogens with zero attached hydrogens (tertiary/aromatic N) is 4. The number of fused-ring (bicyclic) bond motifs is 3. The SMILES string of the molecule is CC[C@H]1CN2c3cc(OCc4ccc(Oc5ccnc(C(F)(F)F)c5)c(F)c4)nc(=O)n3C[C@@]2(CNC)C1. The normalized spacial score (nSPS) is 20.4. The molecule has 12 heteroatoms. The van der Waals surface area contributed by atoms with Gasteiger partial charge in [0.15, 0.2) is 11.6 Å². The second-order valence-electron chi connectivity index (χ2n) is 9.70. The number of alkyl halides is 3. The average Bonchev–Trinajstić information content (AvgIpc) is 3.37. The summed E-state index contributed by atoms with van der Waals surface area (Å²) in [5.74, 6) is 0.205. The van der Waals surface area contributed by atoms with Gasteiger partial charge in [0, 0.05) is 31.4 Å². The van der Waals surface area contributed by atoms with E-state index in [0.29, 0.717) is 24.1 Å². The molecule has 38 heavy (non-hydrogen) atoms. The van der Waals surface area contributed by atoms with Crippen molar-refractivity contribution in [2.75, 3.05) is 25.0 Å². The number of nitrogens with one attached hydrogen (secondary N) is 1. The topological polar surface area (TPSA) is 81.5 Å². The van der Waals surface area contributed by atoms with Gasteiger partial charge in [0.1, 0.15) is 23.9 Å². The van der Waals surface area contributed by atoms with Gasteiger partial charge in [0.25, 0.3) is 0 Å². The van der Waals surface area contributed by atoms with Gasteiger partial charge in [-0.05, 0) is 43.1 Å². The molecule has 8 nitrogen and oxygen atoms in total. The van der Waals surface area contributed by atoms with Gasteiger partial charge in [-0.25, -0.2) is 9.18 Å². The highest BCUT2D eigenvalue weighted by Gasteiger charge is 2.50. The standard InChI is InChI=1S/C26H27F4N5O3/c1-3-16-11-25(14-31-2)15-34-23(35(25)12-16)10-22(33-24(34)36)37-13-17-4-5-20(19(27)8-17)38-18-6-7-32-21(9-18)26(28,29)30/h4-10,16,31H,3,11-15H2,1-2H3/t16-,25+/m1/s1. The summed E-state index contributed by atoms with van der Waals surface area (Å²) in [6.07, 6.45) is -1.67. The number of hydrogen-bond acceptors (Lipinski definition) is 7. The van der Waals surface area contributed by atoms with Gasteiger partial charge in [-0.1, -0.05) is 19.4 Å². The Balaban J connectivity index is 1.30. The maximum Gasteiger partial charge on any atom is 0.433 e. The van der Waals surface area contributed by atoms with Crippen LogP contribution in [0.5, 0.6) is 17.4 Å². The van der Waals surface area contributed by atoms with Crippen LogP contribution in [0.15, 0.2) is 47.4 Å². The first-order valence-electron chi connectivity index (χ1n) is 12.3. The minimum Gasteiger partial charge on any atom is -0.473 e. The summed E-state index contributed by atoms with van der Waals surface area (Å²) in [5.41, 5.74) is -1.29. The highest BCUT2D eigenvalue weighted by atomic mass is 19.4. The number of ether oxygens (including phenoxy) is 2. The molecule has 0 radical (unpaired) electrons. The van der Waals surface area contributed by atoms with E-state index in [1.165, 1.54) is 18.2 Å². The fourth-order valence-electron chi connectivity index (χ4n) is 5.32. The van der Waals surface area contributed by atoms with Crippen LogP contribution in [0, 0.1) is 11.7 Å². The number of pyridine rings is 1. The molecular formula is C26H27F4N5O3. The summed E-state index contributed by atoms with van der Waals surface area (Å²) in [4.78, 5) is 22.4. The Morgan fingerprint density at radius 2 is 2.03 bits per heavy atom. The largest absolute Gasteiger partial charge is 0.473 e. The van der Waals surface area contributed by atoms with E-state index in [-0.39, 0.29) is 29.5 Å². The fraction of sp³-hybridized carbons (Fsp3) is 0.423. The molecule has 1 N–H and O–H groups in total. The second kappa shape index (κ2) is 9.90. The zero-order valence-electron chi connectivity index (χ0n) is 20.9. The van der Waals surface area contributed by atoms with Crippen molar-refractivity contribution < 1.29 is 27.0 Å². The Morgan fingerprint density at radius 3 is 2.74 bits per heavy atom. The maximum absolute atomic E-state index is 14.7. The minimum absolute atomic E-state index is 0.0696. The predicted octanol–water partition coefficient (Wildman–Crippen LogP) is 4.38. The summed E-state index contributed by atoms with van der Waals surface area (Å²) < 4.78 is 66.0. The van der Waals surface area contributed by atoms with Crippen LogP contribution in [0.1, 0.15) is 31.0 Å². The molecule has 1 fully saturated rings. The van der Waals surface area contributed by atoms with Crippen LogP contribution < -0.4 is 25.4 Å². The van der Waals surface area contributed by atoms with Gasteiger partial charge in [0.2, 0.25) is 5.88 Å². The highest BCUT2D eigenvalue weighted by Crippen LogP contribution is 2.44. The van der Waals surface area contributed by atoms with E-state index >= 15 is 0 Å². The summed E-state index contributed by atoms with van der Waals surface area (Å²) in [6, 6.07) is 7.63. The molecule has 0 bridgehead atoms. The first kappa shape index (κ1) is 26.0. The Bertz CT molecular complexity index is 1400. The van der Waals surface area contributed by atoms with E-state index in [4.69, 9.17) is 9.47 Å². The second-order valence-corrected chi connectivity index (χ2v) is 9.70. The third-order valence-corrected chi connectivity index (χ3v) is 7.09. The van der Waals surface area contributed by atoms with Gasteiger partial charge in [-0.15, -0.1) is 0 Å². The number of rotatable bonds is 8. The van der Waals surface area contributed by atoms with Crippen molar-refractivity contribution in [3.63, 3.8) is 0 Å². The quantitative estimate of drug-likeness (QED) is 0.431. The van der Waals surface area contributed by atoms with E-state index < -0.39 is 23.4 Å². The zero-order valence-corrected chi connectivity index (χ0v) is 20.9. The Morgan fingerprint density at radius 1 is 1.21 bits per heavy atom. The summed E-state index contributed by atoms with van der Waals surface area (Å²) in [5, 5.41) is 3.26. The maximum atomic E-state index is 14.7. The molecule has 5 rings (SSSR count). The van der Waals surface area contributed by atoms with E-state index in [0.717, 1.165) is 44.0 Å². The van der Waals surface area contributed by atoms with Crippen LogP contribution in [0.3, 0.4) is 0 Å². The molecule has 0 saturated carbocycles. The third-order valence-electron chi connectivity index (χ3n) is 7.09. The highest BCUT2D eigenvalue weighted by molar-refractivity contribution is 5.52. The molecule has 0 amide bonds. The lowest BCUT2D eigenvalue weighted by Gasteiger charge is -2.32. The lowest BCUT2D eigenvalue weighted by Crippen LogP contribution is -2.49. The van der Waals surface area contributed by atoms with Gasteiger partial charge < -0.3 is 19.7 Å². The van der Waals surface area contributed by atoms with Crippen LogP contribution >= 0.6 is 0 Å². The van der Waals surface area contributed by atoms with Crippen LogP contribution in [0.25, 0.3) is 0 Å². The number of halogens is 4. The molecule has 4 heterocycles. The lowest BCUT2D eigenvalue weighted by molar-refractivity contribution is -0.141. The van der Waals surface area contributed by atoms with Crippen molar-refractivity contribution in [1.29, 1.82) is 0 Å². The number of benzene rings is 1. The number of hydrogen-bond donors (Lipinski definition) is 1. The smallest absolute Gasteiger partial charge is 0.433 e. The number of likely N-dealkylation sites (N-methyl/N-ethyl adjacent to an activating group) is 1. The molecule has 0 spiro atoms. The Labute approximate surface area is 216 Å². The monoisotopic (exact) mass is 533 g/mol. The fourth-order valence-corrected chi connectivity index (χ4v) is 5.32. The number of anilines is 1. The molecule has 3 aromatic rings. The lowest BCUT2D eigenvalue weighted by atomic mass is 9.91. The molecule has 2 aliphatic heterocycles. The van der Waals surface area contributed by atoms with Crippen molar-refractivity contribution in [1.82, 2.24) is 19.9 Å². The molecular weight excluding hydrogens is 506 g/mol. The van der Waals surface area contributed by atoms with Crippen LogP contribution in [0.4, 0.5) is 23.4 Å². The van der Waals surface area contributed by atoms with Gasteiger partial charge in [0.05, 0.1) is 12.1 Å². The summed E-state index contributed by atoms with van der Waals surface area (Å²) in [7, 11) is 1.90. The zero-order chi connectivity index (χ0) is 27.1. The van der Waals surface area contributed by atoms with E-state index in [1.807, 2.05) is 7.05 Å². The minimum atomic E-state index is -4.64. The molecule has 0 aliphatic carbocycles. The van der Waals surface area contributed by atoms with E-state index in [9.17, 15) is 22.4 Å². The Kier molecular flexibility index (Phi) is 6.76. The van der Waals surface area contributed by atoms with E-state index in [1.54, 1.807) is 10.6 Å². The average molecular weight is 534 g/mol. The van der Waals surface area contributed by atoms with Crippen molar-refractivity contribution >= 4 is 5.82 Å². The first-order chi connectivity index (χ1) is 18.1. The predicted molar refractivity (Wildman–Crippen MR) is 131 cm³/mol. The van der Waals surface area contributed by atoms with Gasteiger partial charge in [-0.3, -0.25) is 9.55 Å². The molecule has 2 aliphatic rings. The molecule has 0 unspecified atom stereocenters. The van der Waals surface area contributed by atoms with Crippen molar-refractivity contribution in [3.8, 4) is 17.4 Å².